The average Bonchev–Trinajstić information content (AvgIpc) is 2.53. The van der Waals surface area contributed by atoms with E-state index in [1.807, 2.05) is 31.3 Å². The van der Waals surface area contributed by atoms with Crippen molar-refractivity contribution in [2.75, 3.05) is 37.4 Å². The summed E-state index contributed by atoms with van der Waals surface area (Å²) in [5, 5.41) is 6.62. The monoisotopic (exact) mass is 271 g/mol. The minimum Gasteiger partial charge on any atom is -0.370 e. The van der Waals surface area contributed by atoms with Crippen molar-refractivity contribution in [3.8, 4) is 0 Å². The first-order chi connectivity index (χ1) is 9.79. The Labute approximate surface area is 119 Å². The topological polar surface area (TPSA) is 53.1 Å². The molecule has 2 heterocycles. The van der Waals surface area contributed by atoms with Crippen LogP contribution in [0.4, 0.5) is 11.6 Å². The highest BCUT2D eigenvalue weighted by Gasteiger charge is 2.21. The third-order valence-electron chi connectivity index (χ3n) is 3.94. The third kappa shape index (κ3) is 2.41. The number of nitrogens with one attached hydrogen (secondary N) is 2. The van der Waals surface area contributed by atoms with E-state index < -0.39 is 0 Å². The van der Waals surface area contributed by atoms with Gasteiger partial charge in [0.25, 0.3) is 0 Å². The molecule has 0 radical (unpaired) electrons. The summed E-state index contributed by atoms with van der Waals surface area (Å²) in [6, 6.07) is 8.48. The number of nitrogens with zero attached hydrogens (tertiary/aromatic N) is 3. The van der Waals surface area contributed by atoms with Gasteiger partial charge >= 0.3 is 0 Å². The molecule has 1 aromatic heterocycles. The zero-order valence-corrected chi connectivity index (χ0v) is 12.1. The van der Waals surface area contributed by atoms with Gasteiger partial charge in [0.1, 0.15) is 0 Å². The van der Waals surface area contributed by atoms with Gasteiger partial charge in [-0.05, 0) is 31.5 Å². The molecule has 3 rings (SSSR count). The van der Waals surface area contributed by atoms with Crippen molar-refractivity contribution in [1.29, 1.82) is 0 Å². The van der Waals surface area contributed by atoms with Crippen LogP contribution in [-0.4, -0.2) is 43.2 Å². The van der Waals surface area contributed by atoms with E-state index in [-0.39, 0.29) is 0 Å². The molecule has 2 N–H and O–H groups in total. The number of fused-ring (bicyclic) bond motifs is 1. The van der Waals surface area contributed by atoms with Crippen molar-refractivity contribution in [3.05, 3.63) is 24.3 Å². The number of anilines is 2. The summed E-state index contributed by atoms with van der Waals surface area (Å²) in [4.78, 5) is 11.7. The molecule has 0 aliphatic carbocycles. The van der Waals surface area contributed by atoms with Crippen LogP contribution in [-0.2, 0) is 0 Å². The van der Waals surface area contributed by atoms with E-state index in [1.165, 1.54) is 12.8 Å². The van der Waals surface area contributed by atoms with Crippen molar-refractivity contribution in [1.82, 2.24) is 15.3 Å². The summed E-state index contributed by atoms with van der Waals surface area (Å²) < 4.78 is 0. The molecule has 0 amide bonds. The smallest absolute Gasteiger partial charge is 0.172 e. The van der Waals surface area contributed by atoms with Crippen LogP contribution in [0, 0.1) is 0 Å². The standard InChI is InChI=1S/C15H21N5/c1-16-14-15(20(2)11-6-5-9-17-10-11)19-13-8-4-3-7-12(13)18-14/h3-4,7-8,11,17H,5-6,9-10H2,1-2H3,(H,16,18)/t11-/m1/s1. The second-order valence-corrected chi connectivity index (χ2v) is 5.25. The Bertz CT molecular complexity index is 592. The van der Waals surface area contributed by atoms with Gasteiger partial charge in [-0.1, -0.05) is 12.1 Å². The van der Waals surface area contributed by atoms with Crippen LogP contribution in [0.3, 0.4) is 0 Å². The largest absolute Gasteiger partial charge is 0.370 e. The molecule has 0 spiro atoms. The molecule has 1 aliphatic heterocycles. The Kier molecular flexibility index (Phi) is 3.69. The van der Waals surface area contributed by atoms with E-state index in [4.69, 9.17) is 4.98 Å². The van der Waals surface area contributed by atoms with Crippen molar-refractivity contribution in [2.45, 2.75) is 18.9 Å². The normalized spacial score (nSPS) is 19.0. The highest BCUT2D eigenvalue weighted by atomic mass is 15.2. The van der Waals surface area contributed by atoms with Gasteiger partial charge in [-0.3, -0.25) is 0 Å². The minimum atomic E-state index is 0.478. The fourth-order valence-corrected chi connectivity index (χ4v) is 2.74. The number of hydrogen-bond donors (Lipinski definition) is 2. The molecule has 5 heteroatoms. The molecular formula is C15H21N5. The number of rotatable bonds is 3. The average molecular weight is 271 g/mol. The van der Waals surface area contributed by atoms with Crippen LogP contribution in [0.25, 0.3) is 11.0 Å². The lowest BCUT2D eigenvalue weighted by molar-refractivity contribution is 0.443. The van der Waals surface area contributed by atoms with Gasteiger partial charge in [0.2, 0.25) is 0 Å². The summed E-state index contributed by atoms with van der Waals surface area (Å²) in [6.07, 6.45) is 2.41. The summed E-state index contributed by atoms with van der Waals surface area (Å²) in [5.74, 6) is 1.77. The molecule has 1 aliphatic rings. The van der Waals surface area contributed by atoms with Gasteiger partial charge in [-0.15, -0.1) is 0 Å². The molecule has 2 aromatic rings. The van der Waals surface area contributed by atoms with Crippen molar-refractivity contribution in [3.63, 3.8) is 0 Å². The maximum atomic E-state index is 4.79. The Balaban J connectivity index is 1.99. The Morgan fingerprint density at radius 3 is 2.65 bits per heavy atom. The van der Waals surface area contributed by atoms with Crippen LogP contribution < -0.4 is 15.5 Å². The third-order valence-corrected chi connectivity index (χ3v) is 3.94. The molecule has 1 atom stereocenters. The summed E-state index contributed by atoms with van der Waals surface area (Å²) in [6.45, 7) is 2.13. The van der Waals surface area contributed by atoms with E-state index in [9.17, 15) is 0 Å². The van der Waals surface area contributed by atoms with Gasteiger partial charge in [0, 0.05) is 26.7 Å². The number of piperidine rings is 1. The molecule has 20 heavy (non-hydrogen) atoms. The second-order valence-electron chi connectivity index (χ2n) is 5.25. The highest BCUT2D eigenvalue weighted by molar-refractivity contribution is 5.80. The fraction of sp³-hybridized carbons (Fsp3) is 0.467. The van der Waals surface area contributed by atoms with E-state index in [1.54, 1.807) is 0 Å². The van der Waals surface area contributed by atoms with Gasteiger partial charge < -0.3 is 15.5 Å². The quantitative estimate of drug-likeness (QED) is 0.892. The maximum Gasteiger partial charge on any atom is 0.172 e. The number of likely N-dealkylation sites (N-methyl/N-ethyl adjacent to an activating group) is 1. The molecule has 0 bridgehead atoms. The summed E-state index contributed by atoms with van der Waals surface area (Å²) in [7, 11) is 4.01. The lowest BCUT2D eigenvalue weighted by atomic mass is 10.1. The molecular weight excluding hydrogens is 250 g/mol. The van der Waals surface area contributed by atoms with E-state index >= 15 is 0 Å². The fourth-order valence-electron chi connectivity index (χ4n) is 2.74. The van der Waals surface area contributed by atoms with E-state index in [0.29, 0.717) is 6.04 Å². The van der Waals surface area contributed by atoms with Crippen LogP contribution in [0.5, 0.6) is 0 Å². The first kappa shape index (κ1) is 13.1. The molecule has 1 aromatic carbocycles. The zero-order chi connectivity index (χ0) is 13.9. The molecule has 5 nitrogen and oxygen atoms in total. The number of para-hydroxylation sites is 2. The second kappa shape index (κ2) is 5.63. The zero-order valence-electron chi connectivity index (χ0n) is 12.1. The van der Waals surface area contributed by atoms with E-state index in [0.717, 1.165) is 35.8 Å². The number of hydrogen-bond acceptors (Lipinski definition) is 5. The number of benzene rings is 1. The molecule has 0 unspecified atom stereocenters. The summed E-state index contributed by atoms with van der Waals surface area (Å²) >= 11 is 0. The number of aromatic nitrogens is 2. The lowest BCUT2D eigenvalue weighted by Crippen LogP contribution is -2.44. The predicted molar refractivity (Wildman–Crippen MR) is 83.4 cm³/mol. The van der Waals surface area contributed by atoms with Crippen molar-refractivity contribution in [2.24, 2.45) is 0 Å². The summed E-state index contributed by atoms with van der Waals surface area (Å²) in [5.41, 5.74) is 1.87. The van der Waals surface area contributed by atoms with Crippen LogP contribution in [0.2, 0.25) is 0 Å². The molecule has 106 valence electrons. The Morgan fingerprint density at radius 1 is 1.25 bits per heavy atom. The Hall–Kier alpha value is -1.88. The molecule has 1 fully saturated rings. The van der Waals surface area contributed by atoms with Gasteiger partial charge in [0.05, 0.1) is 11.0 Å². The molecule has 1 saturated heterocycles. The van der Waals surface area contributed by atoms with Crippen LogP contribution >= 0.6 is 0 Å². The van der Waals surface area contributed by atoms with Gasteiger partial charge in [0.15, 0.2) is 11.6 Å². The van der Waals surface area contributed by atoms with Crippen LogP contribution in [0.1, 0.15) is 12.8 Å². The molecule has 0 saturated carbocycles. The highest BCUT2D eigenvalue weighted by Crippen LogP contribution is 2.26. The van der Waals surface area contributed by atoms with Gasteiger partial charge in [-0.2, -0.15) is 0 Å². The minimum absolute atomic E-state index is 0.478. The Morgan fingerprint density at radius 2 is 2.00 bits per heavy atom. The van der Waals surface area contributed by atoms with E-state index in [2.05, 4.69) is 27.6 Å². The first-order valence-electron chi connectivity index (χ1n) is 7.17. The van der Waals surface area contributed by atoms with Crippen molar-refractivity contribution >= 4 is 22.7 Å². The van der Waals surface area contributed by atoms with Crippen molar-refractivity contribution < 1.29 is 0 Å². The van der Waals surface area contributed by atoms with Gasteiger partial charge in [-0.25, -0.2) is 9.97 Å². The first-order valence-corrected chi connectivity index (χ1v) is 7.17. The lowest BCUT2D eigenvalue weighted by Gasteiger charge is -2.33. The predicted octanol–water partition coefficient (Wildman–Crippen LogP) is 1.86. The maximum absolute atomic E-state index is 4.79. The van der Waals surface area contributed by atoms with Crippen LogP contribution in [0.15, 0.2) is 24.3 Å². The SMILES string of the molecule is CNc1nc2ccccc2nc1N(C)[C@@H]1CCCNC1.